The molecule has 0 bridgehead atoms. The number of aliphatic hydroxyl groups excluding tert-OH is 4. The molecule has 4 aliphatic rings. The van der Waals surface area contributed by atoms with Crippen molar-refractivity contribution in [2.24, 2.45) is 22.7 Å². The van der Waals surface area contributed by atoms with Crippen LogP contribution in [0.5, 0.6) is 0 Å². The molecule has 27 heavy (non-hydrogen) atoms. The summed E-state index contributed by atoms with van der Waals surface area (Å²) >= 11 is 0. The lowest BCUT2D eigenvalue weighted by Crippen LogP contribution is -2.56. The van der Waals surface area contributed by atoms with Gasteiger partial charge in [-0.1, -0.05) is 38.5 Å². The van der Waals surface area contributed by atoms with Gasteiger partial charge in [-0.25, -0.2) is 0 Å². The Morgan fingerprint density at radius 1 is 1.19 bits per heavy atom. The van der Waals surface area contributed by atoms with Crippen molar-refractivity contribution in [2.45, 2.75) is 82.9 Å². The molecule has 5 heteroatoms. The molecule has 0 aromatic rings. The van der Waals surface area contributed by atoms with Crippen LogP contribution >= 0.6 is 0 Å². The predicted molar refractivity (Wildman–Crippen MR) is 102 cm³/mol. The number of rotatable bonds is 3. The van der Waals surface area contributed by atoms with Crippen LogP contribution < -0.4 is 0 Å². The summed E-state index contributed by atoms with van der Waals surface area (Å²) in [7, 11) is 0. The molecular formula is C22H34O5. The molecule has 1 aliphatic heterocycles. The van der Waals surface area contributed by atoms with E-state index in [0.29, 0.717) is 12.3 Å². The third-order valence-corrected chi connectivity index (χ3v) is 8.62. The summed E-state index contributed by atoms with van der Waals surface area (Å²) in [5, 5.41) is 41.6. The van der Waals surface area contributed by atoms with Crippen LogP contribution in [0.3, 0.4) is 0 Å². The smallest absolute Gasteiger partial charge is 0.127 e. The van der Waals surface area contributed by atoms with Crippen molar-refractivity contribution in [1.82, 2.24) is 0 Å². The monoisotopic (exact) mass is 378 g/mol. The molecule has 5 nitrogen and oxygen atoms in total. The number of fused-ring (bicyclic) bond motifs is 2. The maximum Gasteiger partial charge on any atom is 0.127 e. The van der Waals surface area contributed by atoms with Gasteiger partial charge < -0.3 is 25.2 Å². The number of ether oxygens (including phenoxy) is 1. The zero-order valence-corrected chi connectivity index (χ0v) is 16.7. The highest BCUT2D eigenvalue weighted by molar-refractivity contribution is 5.32. The van der Waals surface area contributed by atoms with Gasteiger partial charge in [0.2, 0.25) is 0 Å². The Labute approximate surface area is 161 Å². The van der Waals surface area contributed by atoms with Gasteiger partial charge in [0.1, 0.15) is 30.0 Å². The zero-order chi connectivity index (χ0) is 19.8. The Balaban J connectivity index is 1.67. The SMILES string of the molecule is C=C1[C@@H](O)[C@@H](O)[C@@]2(C[C@@H]3C(C)=CC[C@@H]4[C@](C)(CO)CCC[C@]34C)O[C@H]2[C@H]1O. The van der Waals surface area contributed by atoms with Gasteiger partial charge >= 0.3 is 0 Å². The highest BCUT2D eigenvalue weighted by Crippen LogP contribution is 2.63. The lowest BCUT2D eigenvalue weighted by Gasteiger charge is -2.58. The molecule has 3 fully saturated rings. The first-order chi connectivity index (χ1) is 12.6. The number of epoxide rings is 1. The van der Waals surface area contributed by atoms with Crippen LogP contribution in [-0.4, -0.2) is 57.0 Å². The fourth-order valence-electron chi connectivity index (χ4n) is 6.75. The van der Waals surface area contributed by atoms with Crippen LogP contribution in [0, 0.1) is 22.7 Å². The molecule has 4 rings (SSSR count). The first-order valence-electron chi connectivity index (χ1n) is 10.3. The number of hydrogen-bond donors (Lipinski definition) is 4. The largest absolute Gasteiger partial charge is 0.396 e. The lowest BCUT2D eigenvalue weighted by atomic mass is 9.47. The van der Waals surface area contributed by atoms with E-state index in [0.717, 1.165) is 25.7 Å². The quantitative estimate of drug-likeness (QED) is 0.445. The molecule has 0 radical (unpaired) electrons. The van der Waals surface area contributed by atoms with E-state index in [4.69, 9.17) is 4.74 Å². The van der Waals surface area contributed by atoms with Crippen molar-refractivity contribution < 1.29 is 25.2 Å². The molecule has 3 aliphatic carbocycles. The summed E-state index contributed by atoms with van der Waals surface area (Å²) in [4.78, 5) is 0. The average Bonchev–Trinajstić information content (AvgIpc) is 3.37. The molecular weight excluding hydrogens is 344 g/mol. The molecule has 1 heterocycles. The van der Waals surface area contributed by atoms with Crippen LogP contribution in [0.25, 0.3) is 0 Å². The zero-order valence-electron chi connectivity index (χ0n) is 16.7. The molecule has 1 saturated heterocycles. The number of hydrogen-bond acceptors (Lipinski definition) is 5. The summed E-state index contributed by atoms with van der Waals surface area (Å²) < 4.78 is 5.89. The Bertz CT molecular complexity index is 674. The van der Waals surface area contributed by atoms with E-state index >= 15 is 0 Å². The van der Waals surface area contributed by atoms with Gasteiger partial charge in [-0.3, -0.25) is 0 Å². The third kappa shape index (κ3) is 2.55. The second-order valence-electron chi connectivity index (χ2n) is 10.1. The Morgan fingerprint density at radius 3 is 2.56 bits per heavy atom. The Morgan fingerprint density at radius 2 is 1.89 bits per heavy atom. The predicted octanol–water partition coefficient (Wildman–Crippen LogP) is 1.94. The molecule has 9 atom stereocenters. The average molecular weight is 379 g/mol. The van der Waals surface area contributed by atoms with E-state index in [2.05, 4.69) is 33.4 Å². The maximum absolute atomic E-state index is 10.8. The summed E-state index contributed by atoms with van der Waals surface area (Å²) in [6.45, 7) is 10.6. The van der Waals surface area contributed by atoms with Crippen molar-refractivity contribution in [3.8, 4) is 0 Å². The minimum absolute atomic E-state index is 0.00386. The molecule has 0 aromatic carbocycles. The van der Waals surface area contributed by atoms with Crippen LogP contribution in [0.4, 0.5) is 0 Å². The fraction of sp³-hybridized carbons (Fsp3) is 0.818. The van der Waals surface area contributed by atoms with Crippen LogP contribution in [0.15, 0.2) is 23.8 Å². The summed E-state index contributed by atoms with van der Waals surface area (Å²) in [6, 6.07) is 0. The first kappa shape index (κ1) is 19.6. The fourth-order valence-corrected chi connectivity index (χ4v) is 6.75. The third-order valence-electron chi connectivity index (χ3n) is 8.62. The van der Waals surface area contributed by atoms with Gasteiger partial charge in [-0.05, 0) is 60.8 Å². The van der Waals surface area contributed by atoms with Crippen molar-refractivity contribution in [3.63, 3.8) is 0 Å². The topological polar surface area (TPSA) is 93.5 Å². The first-order valence-corrected chi connectivity index (χ1v) is 10.3. The standard InChI is InChI=1S/C22H34O5/c1-12-6-7-15-20(3,11-23)8-5-9-21(15,4)14(12)10-22-18(26)16(24)13(2)17(25)19(22)27-22/h6,14-19,23-26H,2,5,7-11H2,1,3-4H3/t14-,15-,16-,17+,18-,19+,20+,21-,22-/m1/s1. The number of allylic oxidation sites excluding steroid dienone is 2. The summed E-state index contributed by atoms with van der Waals surface area (Å²) in [6.07, 6.45) is 3.37. The summed E-state index contributed by atoms with van der Waals surface area (Å²) in [5.74, 6) is 0.560. The maximum atomic E-state index is 10.8. The van der Waals surface area contributed by atoms with Crippen molar-refractivity contribution in [2.75, 3.05) is 6.61 Å². The minimum atomic E-state index is -1.16. The van der Waals surface area contributed by atoms with Gasteiger partial charge in [-0.2, -0.15) is 0 Å². The van der Waals surface area contributed by atoms with Crippen LogP contribution in [0.1, 0.15) is 52.9 Å². The van der Waals surface area contributed by atoms with E-state index in [1.54, 1.807) is 0 Å². The van der Waals surface area contributed by atoms with Crippen molar-refractivity contribution in [3.05, 3.63) is 23.8 Å². The molecule has 0 aromatic heterocycles. The van der Waals surface area contributed by atoms with E-state index in [1.165, 1.54) is 5.57 Å². The number of aliphatic hydroxyl groups is 4. The van der Waals surface area contributed by atoms with Crippen molar-refractivity contribution >= 4 is 0 Å². The van der Waals surface area contributed by atoms with Crippen LogP contribution in [0.2, 0.25) is 0 Å². The van der Waals surface area contributed by atoms with Gasteiger partial charge in [0.05, 0.1) is 0 Å². The van der Waals surface area contributed by atoms with Crippen molar-refractivity contribution in [1.29, 1.82) is 0 Å². The highest BCUT2D eigenvalue weighted by Gasteiger charge is 2.71. The van der Waals surface area contributed by atoms with Gasteiger partial charge in [0, 0.05) is 6.61 Å². The minimum Gasteiger partial charge on any atom is -0.396 e. The van der Waals surface area contributed by atoms with E-state index in [-0.39, 0.29) is 28.9 Å². The highest BCUT2D eigenvalue weighted by atomic mass is 16.6. The van der Waals surface area contributed by atoms with Gasteiger partial charge in [0.15, 0.2) is 0 Å². The molecule has 152 valence electrons. The summed E-state index contributed by atoms with van der Waals surface area (Å²) in [5.41, 5.74) is 0.538. The Kier molecular flexibility index (Phi) is 4.45. The molecule has 4 N–H and O–H groups in total. The van der Waals surface area contributed by atoms with Crippen LogP contribution in [-0.2, 0) is 4.74 Å². The molecule has 0 amide bonds. The second-order valence-corrected chi connectivity index (χ2v) is 10.1. The second kappa shape index (κ2) is 6.14. The van der Waals surface area contributed by atoms with E-state index in [9.17, 15) is 20.4 Å². The van der Waals surface area contributed by atoms with Gasteiger partial charge in [0.25, 0.3) is 0 Å². The van der Waals surface area contributed by atoms with E-state index in [1.807, 2.05) is 0 Å². The van der Waals surface area contributed by atoms with E-state index < -0.39 is 30.0 Å². The molecule has 0 spiro atoms. The lowest BCUT2D eigenvalue weighted by molar-refractivity contribution is -0.0896. The molecule has 0 unspecified atom stereocenters. The Hall–Kier alpha value is -0.720. The molecule has 2 saturated carbocycles. The normalized spacial score (nSPS) is 54.8. The van der Waals surface area contributed by atoms with Gasteiger partial charge in [-0.15, -0.1) is 0 Å².